The number of amides is 1. The second kappa shape index (κ2) is 10.4. The summed E-state index contributed by atoms with van der Waals surface area (Å²) in [4.78, 5) is 17.0. The normalized spacial score (nSPS) is 13.8. The van der Waals surface area contributed by atoms with E-state index in [-0.39, 0.29) is 11.7 Å². The summed E-state index contributed by atoms with van der Waals surface area (Å²) < 4.78 is 7.39. The van der Waals surface area contributed by atoms with Crippen LogP contribution in [0.25, 0.3) is 23.0 Å². The number of rotatable bonds is 6. The van der Waals surface area contributed by atoms with Crippen LogP contribution in [0.4, 0.5) is 5.69 Å². The molecule has 1 aliphatic rings. The van der Waals surface area contributed by atoms with E-state index in [2.05, 4.69) is 4.90 Å². The summed E-state index contributed by atoms with van der Waals surface area (Å²) in [6.45, 7) is 2.49. The van der Waals surface area contributed by atoms with Crippen LogP contribution in [-0.2, 0) is 4.79 Å². The van der Waals surface area contributed by atoms with E-state index in [1.165, 1.54) is 0 Å². The van der Waals surface area contributed by atoms with Crippen LogP contribution < -0.4 is 9.64 Å². The third-order valence-corrected chi connectivity index (χ3v) is 6.34. The fourth-order valence-electron chi connectivity index (χ4n) is 4.44. The molecule has 3 aromatic carbocycles. The molecule has 1 saturated heterocycles. The first-order valence-corrected chi connectivity index (χ1v) is 11.9. The number of hydrogen-bond donors (Lipinski definition) is 1. The van der Waals surface area contributed by atoms with E-state index in [0.717, 1.165) is 33.9 Å². The number of phenolic OH excluding ortho intramolecular Hbond substituents is 1. The summed E-state index contributed by atoms with van der Waals surface area (Å²) in [6, 6.07) is 24.9. The largest absolute Gasteiger partial charge is 0.506 e. The lowest BCUT2D eigenvalue weighted by Gasteiger charge is -2.35. The summed E-state index contributed by atoms with van der Waals surface area (Å²) in [5.41, 5.74) is 4.15. The van der Waals surface area contributed by atoms with Crippen LogP contribution in [0.3, 0.4) is 0 Å². The number of phenols is 1. The number of methoxy groups -OCH3 is 1. The number of carbonyl (C=O) groups is 1. The highest BCUT2D eigenvalue weighted by atomic mass is 16.5. The number of hydrogen-bond acceptors (Lipinski definition) is 5. The molecular weight excluding hydrogens is 452 g/mol. The lowest BCUT2D eigenvalue weighted by Crippen LogP contribution is -2.48. The summed E-state index contributed by atoms with van der Waals surface area (Å²) in [5, 5.41) is 15.0. The molecule has 4 aromatic rings. The topological polar surface area (TPSA) is 70.8 Å². The van der Waals surface area contributed by atoms with E-state index in [1.807, 2.05) is 94.7 Å². The lowest BCUT2D eigenvalue weighted by molar-refractivity contribution is -0.126. The van der Waals surface area contributed by atoms with E-state index >= 15 is 0 Å². The number of nitrogens with zero attached hydrogens (tertiary/aromatic N) is 4. The maximum absolute atomic E-state index is 13.0. The van der Waals surface area contributed by atoms with E-state index in [4.69, 9.17) is 9.84 Å². The highest BCUT2D eigenvalue weighted by molar-refractivity contribution is 5.93. The summed E-state index contributed by atoms with van der Waals surface area (Å²) >= 11 is 0. The molecule has 7 nitrogen and oxygen atoms in total. The molecule has 7 heteroatoms. The highest BCUT2D eigenvalue weighted by Crippen LogP contribution is 2.32. The van der Waals surface area contributed by atoms with E-state index in [9.17, 15) is 9.90 Å². The third kappa shape index (κ3) is 4.81. The van der Waals surface area contributed by atoms with Crippen LogP contribution >= 0.6 is 0 Å². The zero-order valence-electron chi connectivity index (χ0n) is 20.1. The van der Waals surface area contributed by atoms with Gasteiger partial charge in [0, 0.05) is 49.6 Å². The van der Waals surface area contributed by atoms with Gasteiger partial charge in [-0.05, 0) is 42.5 Å². The van der Waals surface area contributed by atoms with Crippen molar-refractivity contribution in [3.05, 3.63) is 96.7 Å². The summed E-state index contributed by atoms with van der Waals surface area (Å²) in [6.07, 6.45) is 5.36. The minimum Gasteiger partial charge on any atom is -0.506 e. The van der Waals surface area contributed by atoms with Gasteiger partial charge in [-0.1, -0.05) is 42.5 Å². The van der Waals surface area contributed by atoms with Gasteiger partial charge in [-0.3, -0.25) is 4.79 Å². The Kier molecular flexibility index (Phi) is 6.71. The van der Waals surface area contributed by atoms with Gasteiger partial charge in [-0.2, -0.15) is 5.10 Å². The van der Waals surface area contributed by atoms with Crippen LogP contribution in [0.2, 0.25) is 0 Å². The van der Waals surface area contributed by atoms with Crippen molar-refractivity contribution in [3.63, 3.8) is 0 Å². The standard InChI is InChI=1S/C29H28N4O3/c1-36-27-14-8-5-11-24(27)29-22(21-33(30-29)23-9-3-2-4-10-23)15-16-28(35)32-19-17-31(18-20-32)25-12-6-7-13-26(25)34/h2-16,21,34H,17-20H2,1H3/b16-15+. The molecule has 0 radical (unpaired) electrons. The molecule has 0 unspecified atom stereocenters. The van der Waals surface area contributed by atoms with Gasteiger partial charge in [0.05, 0.1) is 18.5 Å². The molecule has 0 saturated carbocycles. The average molecular weight is 481 g/mol. The average Bonchev–Trinajstić information content (AvgIpc) is 3.36. The van der Waals surface area contributed by atoms with Crippen LogP contribution in [0, 0.1) is 0 Å². The number of para-hydroxylation sites is 4. The minimum absolute atomic E-state index is 0.0506. The summed E-state index contributed by atoms with van der Waals surface area (Å²) in [5.74, 6) is 0.930. The fraction of sp³-hybridized carbons (Fsp3) is 0.172. The van der Waals surface area contributed by atoms with Crippen molar-refractivity contribution in [3.8, 4) is 28.4 Å². The fourth-order valence-corrected chi connectivity index (χ4v) is 4.44. The molecule has 5 rings (SSSR count). The Balaban J connectivity index is 1.37. The Labute approximate surface area is 210 Å². The van der Waals surface area contributed by atoms with E-state index < -0.39 is 0 Å². The second-order valence-corrected chi connectivity index (χ2v) is 8.55. The maximum Gasteiger partial charge on any atom is 0.246 e. The predicted molar refractivity (Wildman–Crippen MR) is 141 cm³/mol. The van der Waals surface area contributed by atoms with Crippen molar-refractivity contribution < 1.29 is 14.6 Å². The molecule has 36 heavy (non-hydrogen) atoms. The van der Waals surface area contributed by atoms with E-state index in [0.29, 0.717) is 26.2 Å². The number of ether oxygens (including phenoxy) is 1. The molecule has 1 fully saturated rings. The lowest BCUT2D eigenvalue weighted by atomic mass is 10.1. The molecule has 1 aromatic heterocycles. The molecule has 2 heterocycles. The van der Waals surface area contributed by atoms with Gasteiger partial charge in [0.15, 0.2) is 0 Å². The van der Waals surface area contributed by atoms with Crippen molar-refractivity contribution in [2.75, 3.05) is 38.2 Å². The smallest absolute Gasteiger partial charge is 0.246 e. The number of benzene rings is 3. The van der Waals surface area contributed by atoms with Crippen molar-refractivity contribution in [2.24, 2.45) is 0 Å². The maximum atomic E-state index is 13.0. The number of piperazine rings is 1. The Morgan fingerprint density at radius 2 is 1.61 bits per heavy atom. The Bertz CT molecular complexity index is 1370. The van der Waals surface area contributed by atoms with Gasteiger partial charge in [0.2, 0.25) is 5.91 Å². The first-order valence-electron chi connectivity index (χ1n) is 11.9. The van der Waals surface area contributed by atoms with Crippen molar-refractivity contribution in [1.29, 1.82) is 0 Å². The van der Waals surface area contributed by atoms with Crippen LogP contribution in [0.15, 0.2) is 91.1 Å². The molecule has 0 aliphatic carbocycles. The molecule has 0 spiro atoms. The first kappa shape index (κ1) is 23.2. The Hall–Kier alpha value is -4.52. The predicted octanol–water partition coefficient (Wildman–Crippen LogP) is 4.62. The molecule has 0 atom stereocenters. The molecular formula is C29H28N4O3. The van der Waals surface area contributed by atoms with Crippen molar-refractivity contribution in [2.45, 2.75) is 0 Å². The number of aromatic hydroxyl groups is 1. The number of anilines is 1. The van der Waals surface area contributed by atoms with Crippen molar-refractivity contribution >= 4 is 17.7 Å². The Morgan fingerprint density at radius 3 is 2.36 bits per heavy atom. The van der Waals surface area contributed by atoms with Crippen LogP contribution in [0.1, 0.15) is 5.56 Å². The van der Waals surface area contributed by atoms with Crippen LogP contribution in [0.5, 0.6) is 11.5 Å². The molecule has 0 bridgehead atoms. The van der Waals surface area contributed by atoms with Gasteiger partial charge in [-0.15, -0.1) is 0 Å². The summed E-state index contributed by atoms with van der Waals surface area (Å²) in [7, 11) is 1.64. The highest BCUT2D eigenvalue weighted by Gasteiger charge is 2.22. The zero-order chi connectivity index (χ0) is 24.9. The van der Waals surface area contributed by atoms with E-state index in [1.54, 1.807) is 19.3 Å². The van der Waals surface area contributed by atoms with Gasteiger partial charge < -0.3 is 19.6 Å². The van der Waals surface area contributed by atoms with Gasteiger partial charge in [-0.25, -0.2) is 4.68 Å². The molecule has 182 valence electrons. The monoisotopic (exact) mass is 480 g/mol. The zero-order valence-corrected chi connectivity index (χ0v) is 20.1. The molecule has 1 amide bonds. The number of aromatic nitrogens is 2. The van der Waals surface area contributed by atoms with Crippen LogP contribution in [-0.4, -0.2) is 59.0 Å². The van der Waals surface area contributed by atoms with Gasteiger partial charge >= 0.3 is 0 Å². The van der Waals surface area contributed by atoms with Gasteiger partial charge in [0.1, 0.15) is 17.2 Å². The van der Waals surface area contributed by atoms with Crippen molar-refractivity contribution in [1.82, 2.24) is 14.7 Å². The third-order valence-electron chi connectivity index (χ3n) is 6.34. The quantitative estimate of drug-likeness (QED) is 0.408. The second-order valence-electron chi connectivity index (χ2n) is 8.55. The number of carbonyl (C=O) groups excluding carboxylic acids is 1. The minimum atomic E-state index is -0.0506. The Morgan fingerprint density at radius 1 is 0.917 bits per heavy atom. The van der Waals surface area contributed by atoms with Gasteiger partial charge in [0.25, 0.3) is 0 Å². The molecule has 1 aliphatic heterocycles. The first-order chi connectivity index (χ1) is 17.6. The molecule has 1 N–H and O–H groups in total. The SMILES string of the molecule is COc1ccccc1-c1nn(-c2ccccc2)cc1/C=C/C(=O)N1CCN(c2ccccc2O)CC1.